The van der Waals surface area contributed by atoms with Crippen LogP contribution in [0.5, 0.6) is 0 Å². The Kier molecular flexibility index (Phi) is 4.92. The Morgan fingerprint density at radius 2 is 1.22 bits per heavy atom. The Bertz CT molecular complexity index is 2320. The van der Waals surface area contributed by atoms with Crippen molar-refractivity contribution in [2.45, 2.75) is 37.5 Å². The van der Waals surface area contributed by atoms with E-state index in [4.69, 9.17) is 9.97 Å². The van der Waals surface area contributed by atoms with E-state index in [1.54, 1.807) is 22.5 Å². The number of hydrogen-bond donors (Lipinski definition) is 0. The molecule has 2 nitrogen and oxygen atoms in total. The number of benzene rings is 5. The van der Waals surface area contributed by atoms with Crippen LogP contribution >= 0.6 is 11.3 Å². The second-order valence-electron chi connectivity index (χ2n) is 14.2. The van der Waals surface area contributed by atoms with Gasteiger partial charge in [-0.15, -0.1) is 11.3 Å². The number of fused-ring (bicyclic) bond motifs is 7. The quantitative estimate of drug-likeness (QED) is 0.198. The summed E-state index contributed by atoms with van der Waals surface area (Å²) in [7, 11) is 0. The van der Waals surface area contributed by atoms with E-state index in [2.05, 4.69) is 109 Å². The van der Waals surface area contributed by atoms with Gasteiger partial charge in [0.15, 0.2) is 0 Å². The van der Waals surface area contributed by atoms with Gasteiger partial charge in [-0.25, -0.2) is 9.97 Å². The molecule has 7 aromatic rings. The topological polar surface area (TPSA) is 25.8 Å². The van der Waals surface area contributed by atoms with Crippen LogP contribution in [0.1, 0.15) is 43.2 Å². The number of rotatable bonds is 2. The van der Waals surface area contributed by atoms with Crippen LogP contribution in [0.2, 0.25) is 0 Å². The van der Waals surface area contributed by atoms with Crippen molar-refractivity contribution in [1.29, 1.82) is 0 Å². The SMILES string of the molecule is c1ccc(-c2nc3sc4ccccc4c3nc2-c2ccc3c(c2)-c2cc4ccccc4cc2C32C3CC4CC(C3)CC2C4)cc1. The Hall–Kier alpha value is -4.34. The largest absolute Gasteiger partial charge is 0.242 e. The van der Waals surface area contributed by atoms with Crippen molar-refractivity contribution in [1.82, 2.24) is 9.97 Å². The van der Waals surface area contributed by atoms with Gasteiger partial charge in [0.1, 0.15) is 10.3 Å². The summed E-state index contributed by atoms with van der Waals surface area (Å²) in [5.74, 6) is 3.35. The smallest absolute Gasteiger partial charge is 0.143 e. The average molecular weight is 597 g/mol. The first-order chi connectivity index (χ1) is 22.2. The van der Waals surface area contributed by atoms with Crippen molar-refractivity contribution in [3.8, 4) is 33.6 Å². The first-order valence-electron chi connectivity index (χ1n) is 16.7. The molecule has 0 N–H and O–H groups in total. The highest BCUT2D eigenvalue weighted by Crippen LogP contribution is 2.69. The van der Waals surface area contributed by atoms with E-state index in [-0.39, 0.29) is 5.41 Å². The molecule has 45 heavy (non-hydrogen) atoms. The van der Waals surface area contributed by atoms with Gasteiger partial charge in [-0.3, -0.25) is 0 Å². The summed E-state index contributed by atoms with van der Waals surface area (Å²) in [5, 5.41) is 3.91. The molecule has 12 rings (SSSR count). The minimum Gasteiger partial charge on any atom is -0.242 e. The maximum absolute atomic E-state index is 5.47. The molecule has 4 bridgehead atoms. The summed E-state index contributed by atoms with van der Waals surface area (Å²) in [5.41, 5.74) is 11.4. The molecule has 5 aliphatic rings. The van der Waals surface area contributed by atoms with E-state index in [0.717, 1.165) is 56.5 Å². The van der Waals surface area contributed by atoms with E-state index in [1.165, 1.54) is 64.1 Å². The average Bonchev–Trinajstić information content (AvgIpc) is 3.58. The minimum atomic E-state index is 0.141. The molecule has 0 saturated heterocycles. The fourth-order valence-electron chi connectivity index (χ4n) is 10.6. The maximum atomic E-state index is 5.47. The molecule has 4 fully saturated rings. The fourth-order valence-corrected chi connectivity index (χ4v) is 11.6. The number of nitrogens with zero attached hydrogens (tertiary/aromatic N) is 2. The molecule has 0 amide bonds. The lowest BCUT2D eigenvalue weighted by Crippen LogP contribution is -2.55. The second-order valence-corrected chi connectivity index (χ2v) is 15.2. The number of thiophene rings is 1. The Balaban J connectivity index is 1.19. The molecule has 0 radical (unpaired) electrons. The number of aromatic nitrogens is 2. The Morgan fingerprint density at radius 3 is 2.02 bits per heavy atom. The molecule has 4 saturated carbocycles. The lowest BCUT2D eigenvalue weighted by molar-refractivity contribution is -0.0398. The summed E-state index contributed by atoms with van der Waals surface area (Å²) >= 11 is 1.74. The highest BCUT2D eigenvalue weighted by atomic mass is 32.1. The Labute approximate surface area is 266 Å². The van der Waals surface area contributed by atoms with Crippen molar-refractivity contribution in [2.24, 2.45) is 23.7 Å². The fraction of sp³-hybridized carbons (Fsp3) is 0.238. The van der Waals surface area contributed by atoms with Crippen LogP contribution in [0.15, 0.2) is 109 Å². The lowest BCUT2D eigenvalue weighted by atomic mass is 9.43. The monoisotopic (exact) mass is 596 g/mol. The molecule has 5 aliphatic carbocycles. The van der Waals surface area contributed by atoms with Gasteiger partial charge in [0.05, 0.1) is 11.4 Å². The van der Waals surface area contributed by atoms with Gasteiger partial charge in [0.25, 0.3) is 0 Å². The van der Waals surface area contributed by atoms with Crippen molar-refractivity contribution in [3.05, 3.63) is 120 Å². The molecule has 216 valence electrons. The van der Waals surface area contributed by atoms with E-state index in [0.29, 0.717) is 0 Å². The second kappa shape index (κ2) is 8.89. The lowest BCUT2D eigenvalue weighted by Gasteiger charge is -2.61. The standard InChI is InChI=1S/C42H32N2S/c1-2-8-26(9-3-1)38-39(43-40-32-12-6-7-13-37(32)45-41(40)44-38)29-14-15-35-33(22-29)34-21-27-10-4-5-11-28(27)23-36(34)42(35)30-17-24-16-25(19-30)20-31(42)18-24/h1-15,21-25,30-31H,16-20H2. The van der Waals surface area contributed by atoms with Gasteiger partial charge in [0, 0.05) is 26.6 Å². The zero-order valence-electron chi connectivity index (χ0n) is 25.0. The van der Waals surface area contributed by atoms with Crippen LogP contribution in [-0.2, 0) is 5.41 Å². The van der Waals surface area contributed by atoms with Gasteiger partial charge < -0.3 is 0 Å². The van der Waals surface area contributed by atoms with E-state index < -0.39 is 0 Å². The summed E-state index contributed by atoms with van der Waals surface area (Å²) in [6, 6.07) is 40.7. The predicted molar refractivity (Wildman–Crippen MR) is 187 cm³/mol. The highest BCUT2D eigenvalue weighted by Gasteiger charge is 2.61. The van der Waals surface area contributed by atoms with E-state index in [9.17, 15) is 0 Å². The van der Waals surface area contributed by atoms with Gasteiger partial charge in [-0.05, 0) is 113 Å². The van der Waals surface area contributed by atoms with Crippen molar-refractivity contribution >= 4 is 42.5 Å². The molecule has 5 aromatic carbocycles. The third-order valence-electron chi connectivity index (χ3n) is 12.0. The first kappa shape index (κ1) is 24.9. The molecule has 1 spiro atoms. The van der Waals surface area contributed by atoms with Gasteiger partial charge in [-0.1, -0.05) is 84.9 Å². The van der Waals surface area contributed by atoms with Crippen LogP contribution < -0.4 is 0 Å². The van der Waals surface area contributed by atoms with Crippen LogP contribution in [-0.4, -0.2) is 9.97 Å². The van der Waals surface area contributed by atoms with E-state index in [1.807, 2.05) is 0 Å². The molecule has 2 heterocycles. The maximum Gasteiger partial charge on any atom is 0.143 e. The third-order valence-corrected chi connectivity index (χ3v) is 13.1. The third kappa shape index (κ3) is 3.29. The molecule has 0 unspecified atom stereocenters. The van der Waals surface area contributed by atoms with Crippen molar-refractivity contribution < 1.29 is 0 Å². The van der Waals surface area contributed by atoms with Crippen molar-refractivity contribution in [3.63, 3.8) is 0 Å². The van der Waals surface area contributed by atoms with Crippen molar-refractivity contribution in [2.75, 3.05) is 0 Å². The molecular formula is C42H32N2S. The zero-order chi connectivity index (χ0) is 29.3. The highest BCUT2D eigenvalue weighted by molar-refractivity contribution is 7.25. The van der Waals surface area contributed by atoms with Crippen LogP contribution in [0, 0.1) is 23.7 Å². The molecular weight excluding hydrogens is 565 g/mol. The summed E-state index contributed by atoms with van der Waals surface area (Å²) in [6.07, 6.45) is 7.05. The van der Waals surface area contributed by atoms with Crippen LogP contribution in [0.4, 0.5) is 0 Å². The first-order valence-corrected chi connectivity index (χ1v) is 17.5. The van der Waals surface area contributed by atoms with Gasteiger partial charge in [-0.2, -0.15) is 0 Å². The van der Waals surface area contributed by atoms with Crippen LogP contribution in [0.3, 0.4) is 0 Å². The van der Waals surface area contributed by atoms with Gasteiger partial charge in [0.2, 0.25) is 0 Å². The molecule has 2 aromatic heterocycles. The molecule has 3 heteroatoms. The minimum absolute atomic E-state index is 0.141. The number of hydrogen-bond acceptors (Lipinski definition) is 3. The summed E-state index contributed by atoms with van der Waals surface area (Å²) < 4.78 is 1.24. The van der Waals surface area contributed by atoms with Crippen LogP contribution in [0.25, 0.3) is 64.8 Å². The zero-order valence-corrected chi connectivity index (χ0v) is 25.9. The Morgan fingerprint density at radius 1 is 0.556 bits per heavy atom. The van der Waals surface area contributed by atoms with E-state index >= 15 is 0 Å². The summed E-state index contributed by atoms with van der Waals surface area (Å²) in [6.45, 7) is 0. The predicted octanol–water partition coefficient (Wildman–Crippen LogP) is 11.1. The summed E-state index contributed by atoms with van der Waals surface area (Å²) in [4.78, 5) is 11.8. The molecule has 0 atom stereocenters. The van der Waals surface area contributed by atoms with Gasteiger partial charge >= 0.3 is 0 Å². The molecule has 0 aliphatic heterocycles. The normalized spacial score (nSPS) is 25.9.